The molecule has 3 aromatic carbocycles. The molecule has 0 amide bonds. The minimum absolute atomic E-state index is 0.200. The van der Waals surface area contributed by atoms with E-state index < -0.39 is 21.4 Å². The Bertz CT molecular complexity index is 2100. The van der Waals surface area contributed by atoms with Gasteiger partial charge in [0.05, 0.1) is 30.3 Å². The number of imidazole rings is 1. The van der Waals surface area contributed by atoms with Gasteiger partial charge in [0, 0.05) is 37.3 Å². The van der Waals surface area contributed by atoms with Gasteiger partial charge in [-0.1, -0.05) is 48.5 Å². The Morgan fingerprint density at radius 2 is 1.56 bits per heavy atom. The molecule has 0 unspecified atom stereocenters. The summed E-state index contributed by atoms with van der Waals surface area (Å²) in [7, 11) is -3.67. The van der Waals surface area contributed by atoms with E-state index in [1.807, 2.05) is 42.5 Å². The smallest absolute Gasteiger partial charge is 0.229 e. The van der Waals surface area contributed by atoms with Crippen LogP contribution in [0.2, 0.25) is 0 Å². The molecule has 13 heteroatoms. The Kier molecular flexibility index (Phi) is 7.37. The van der Waals surface area contributed by atoms with Gasteiger partial charge in [0.25, 0.3) is 0 Å². The zero-order valence-electron chi connectivity index (χ0n) is 24.3. The quantitative estimate of drug-likeness (QED) is 0.255. The van der Waals surface area contributed by atoms with Crippen molar-refractivity contribution in [2.75, 3.05) is 41.7 Å². The maximum atomic E-state index is 13.1. The first-order chi connectivity index (χ1) is 21.8. The van der Waals surface area contributed by atoms with Crippen molar-refractivity contribution in [1.29, 1.82) is 0 Å². The zero-order chi connectivity index (χ0) is 31.0. The van der Waals surface area contributed by atoms with Crippen molar-refractivity contribution >= 4 is 49.3 Å². The normalized spacial score (nSPS) is 14.0. The van der Waals surface area contributed by atoms with Gasteiger partial charge in [-0.2, -0.15) is 15.1 Å². The number of para-hydroxylation sites is 1. The number of Topliss-reactive ketones (excluding diaryl/α,β-unsaturated/α-hetero) is 1. The number of phenols is 1. The number of aromatic hydroxyl groups is 1. The van der Waals surface area contributed by atoms with Gasteiger partial charge in [-0.05, 0) is 35.9 Å². The maximum absolute atomic E-state index is 13.1. The molecule has 228 valence electrons. The third-order valence-electron chi connectivity index (χ3n) is 7.85. The molecular formula is C32H30N8O4S. The van der Waals surface area contributed by atoms with Crippen LogP contribution in [0.25, 0.3) is 27.9 Å². The van der Waals surface area contributed by atoms with E-state index in [1.54, 1.807) is 51.8 Å². The van der Waals surface area contributed by atoms with Crippen LogP contribution in [0.5, 0.6) is 5.75 Å². The Hall–Kier alpha value is -5.30. The van der Waals surface area contributed by atoms with E-state index in [0.717, 1.165) is 16.6 Å². The van der Waals surface area contributed by atoms with Crippen LogP contribution < -0.4 is 9.80 Å². The molecule has 1 aliphatic rings. The monoisotopic (exact) mass is 622 g/mol. The second kappa shape index (κ2) is 11.7. The van der Waals surface area contributed by atoms with Crippen LogP contribution in [0.4, 0.5) is 11.6 Å². The first kappa shape index (κ1) is 28.5. The summed E-state index contributed by atoms with van der Waals surface area (Å²) in [5.41, 5.74) is 3.38. The number of hydrogen-bond acceptors (Lipinski definition) is 10. The number of anilines is 2. The van der Waals surface area contributed by atoms with Gasteiger partial charge in [-0.3, -0.25) is 4.79 Å². The number of benzene rings is 3. The molecular weight excluding hydrogens is 592 g/mol. The van der Waals surface area contributed by atoms with Gasteiger partial charge in [-0.25, -0.2) is 18.1 Å². The van der Waals surface area contributed by atoms with Crippen LogP contribution in [0, 0.1) is 0 Å². The Morgan fingerprint density at radius 3 is 2.33 bits per heavy atom. The number of aromatic nitrogens is 6. The molecule has 1 aliphatic heterocycles. The number of carbonyl (C=O) groups excluding carboxylic acids is 1. The second-order valence-electron chi connectivity index (χ2n) is 11.1. The average molecular weight is 623 g/mol. The third kappa shape index (κ3) is 5.94. The lowest BCUT2D eigenvalue weighted by Crippen LogP contribution is -2.47. The number of rotatable bonds is 9. The lowest BCUT2D eigenvalue weighted by Gasteiger charge is -2.36. The molecule has 0 bridgehead atoms. The molecule has 4 heterocycles. The fraction of sp³-hybridized carbons (Fsp3) is 0.219. The van der Waals surface area contributed by atoms with Gasteiger partial charge >= 0.3 is 0 Å². The van der Waals surface area contributed by atoms with Crippen LogP contribution >= 0.6 is 0 Å². The summed E-state index contributed by atoms with van der Waals surface area (Å²) in [6.07, 6.45) is 3.26. The van der Waals surface area contributed by atoms with Gasteiger partial charge < -0.3 is 19.5 Å². The molecule has 0 saturated carbocycles. The van der Waals surface area contributed by atoms with E-state index in [9.17, 15) is 18.3 Å². The van der Waals surface area contributed by atoms with E-state index in [4.69, 9.17) is 9.97 Å². The summed E-state index contributed by atoms with van der Waals surface area (Å²) in [6.45, 7) is 2.49. The highest BCUT2D eigenvalue weighted by atomic mass is 32.2. The van der Waals surface area contributed by atoms with Crippen LogP contribution in [-0.4, -0.2) is 80.5 Å². The number of fused-ring (bicyclic) bond motifs is 2. The summed E-state index contributed by atoms with van der Waals surface area (Å²) in [4.78, 5) is 31.8. The highest BCUT2D eigenvalue weighted by molar-refractivity contribution is 7.91. The minimum atomic E-state index is -3.67. The lowest BCUT2D eigenvalue weighted by atomic mass is 10.2. The average Bonchev–Trinajstić information content (AvgIpc) is 3.65. The van der Waals surface area contributed by atoms with Crippen LogP contribution in [0.3, 0.4) is 0 Å². The van der Waals surface area contributed by atoms with Gasteiger partial charge in [0.15, 0.2) is 32.6 Å². The van der Waals surface area contributed by atoms with Crippen molar-refractivity contribution in [3.63, 3.8) is 0 Å². The van der Waals surface area contributed by atoms with Gasteiger partial charge in [0.1, 0.15) is 11.5 Å². The van der Waals surface area contributed by atoms with E-state index >= 15 is 0 Å². The SMILES string of the molecule is O=C(Cn1cnc2c(-n3ncc4ccccc43)nc(N3CCN(c4ccc(O)cc4)CC3)nc21)CS(=O)(=O)Cc1ccccc1. The third-order valence-corrected chi connectivity index (χ3v) is 9.38. The molecule has 6 aromatic rings. The standard InChI is InChI=1S/C32H30N8O4S/c41-26-12-10-25(11-13-26)37-14-16-38(17-15-37)32-35-30-29(31(36-32)40-28-9-5-4-8-24(28)18-34-40)33-22-39(30)19-27(42)21-45(43,44)20-23-6-2-1-3-7-23/h1-13,18,22,41H,14-17,19-21H2. The molecule has 7 rings (SSSR count). The molecule has 1 saturated heterocycles. The maximum Gasteiger partial charge on any atom is 0.229 e. The molecule has 12 nitrogen and oxygen atoms in total. The summed E-state index contributed by atoms with van der Waals surface area (Å²) in [6, 6.07) is 23.7. The fourth-order valence-electron chi connectivity index (χ4n) is 5.65. The minimum Gasteiger partial charge on any atom is -0.508 e. The van der Waals surface area contributed by atoms with Gasteiger partial charge in [0.2, 0.25) is 5.95 Å². The Balaban J connectivity index is 1.20. The predicted octanol–water partition coefficient (Wildman–Crippen LogP) is 3.38. The van der Waals surface area contributed by atoms with Crippen LogP contribution in [-0.2, 0) is 26.9 Å². The fourth-order valence-corrected chi connectivity index (χ4v) is 7.04. The lowest BCUT2D eigenvalue weighted by molar-refractivity contribution is -0.117. The molecule has 3 aromatic heterocycles. The van der Waals surface area contributed by atoms with Crippen LogP contribution in [0.15, 0.2) is 91.4 Å². The first-order valence-corrected chi connectivity index (χ1v) is 16.4. The van der Waals surface area contributed by atoms with E-state index in [0.29, 0.717) is 54.7 Å². The highest BCUT2D eigenvalue weighted by Crippen LogP contribution is 2.27. The zero-order valence-corrected chi connectivity index (χ0v) is 25.1. The largest absolute Gasteiger partial charge is 0.508 e. The molecule has 1 fully saturated rings. The number of phenolic OH excluding ortho intramolecular Hbond substituents is 1. The molecule has 0 spiro atoms. The van der Waals surface area contributed by atoms with Crippen molar-refractivity contribution in [1.82, 2.24) is 29.3 Å². The van der Waals surface area contributed by atoms with Crippen molar-refractivity contribution < 1.29 is 18.3 Å². The second-order valence-corrected chi connectivity index (χ2v) is 13.1. The molecule has 45 heavy (non-hydrogen) atoms. The Labute approximate surface area is 259 Å². The first-order valence-electron chi connectivity index (χ1n) is 14.5. The number of ketones is 1. The summed E-state index contributed by atoms with van der Waals surface area (Å²) in [5, 5.41) is 15.2. The Morgan fingerprint density at radius 1 is 0.844 bits per heavy atom. The number of carbonyl (C=O) groups is 1. The summed E-state index contributed by atoms with van der Waals surface area (Å²) < 4.78 is 29.0. The number of sulfone groups is 1. The summed E-state index contributed by atoms with van der Waals surface area (Å²) in [5.74, 6) is -0.0902. The van der Waals surface area contributed by atoms with E-state index in [-0.39, 0.29) is 18.0 Å². The van der Waals surface area contributed by atoms with Crippen LogP contribution in [0.1, 0.15) is 5.56 Å². The number of piperazine rings is 1. The van der Waals surface area contributed by atoms with Gasteiger partial charge in [-0.15, -0.1) is 0 Å². The van der Waals surface area contributed by atoms with E-state index in [1.165, 1.54) is 6.33 Å². The van der Waals surface area contributed by atoms with Crippen molar-refractivity contribution in [2.45, 2.75) is 12.3 Å². The van der Waals surface area contributed by atoms with Crippen molar-refractivity contribution in [3.05, 3.63) is 97.0 Å². The van der Waals surface area contributed by atoms with Crippen molar-refractivity contribution in [3.8, 4) is 11.6 Å². The van der Waals surface area contributed by atoms with E-state index in [2.05, 4.69) is 19.9 Å². The topological polar surface area (TPSA) is 139 Å². The van der Waals surface area contributed by atoms with Crippen molar-refractivity contribution in [2.24, 2.45) is 0 Å². The summed E-state index contributed by atoms with van der Waals surface area (Å²) >= 11 is 0. The molecule has 1 N–H and O–H groups in total. The number of hydrogen-bond donors (Lipinski definition) is 1. The number of nitrogens with zero attached hydrogens (tertiary/aromatic N) is 8. The molecule has 0 radical (unpaired) electrons. The molecule has 0 aliphatic carbocycles. The molecule has 0 atom stereocenters. The predicted molar refractivity (Wildman–Crippen MR) is 171 cm³/mol. The highest BCUT2D eigenvalue weighted by Gasteiger charge is 2.25.